The minimum Gasteiger partial charge on any atom is -0.493 e. The predicted molar refractivity (Wildman–Crippen MR) is 106 cm³/mol. The Morgan fingerprint density at radius 3 is 2.65 bits per heavy atom. The zero-order valence-corrected chi connectivity index (χ0v) is 16.7. The van der Waals surface area contributed by atoms with Crippen molar-refractivity contribution in [2.45, 2.75) is 44.4 Å². The highest BCUT2D eigenvalue weighted by molar-refractivity contribution is 6.01. The van der Waals surface area contributed by atoms with E-state index in [1.807, 2.05) is 0 Å². The lowest BCUT2D eigenvalue weighted by molar-refractivity contribution is -0.136. The lowest BCUT2D eigenvalue weighted by atomic mass is 9.89. The van der Waals surface area contributed by atoms with Gasteiger partial charge in [0.2, 0.25) is 11.8 Å². The molecule has 2 aliphatic rings. The molecule has 1 saturated carbocycles. The second-order valence-corrected chi connectivity index (χ2v) is 7.60. The molecule has 1 heterocycles. The van der Waals surface area contributed by atoms with E-state index in [1.54, 1.807) is 17.0 Å². The number of alkyl halides is 2. The van der Waals surface area contributed by atoms with Gasteiger partial charge in [-0.25, -0.2) is 4.39 Å². The second kappa shape index (κ2) is 8.49. The first kappa shape index (κ1) is 21.0. The summed E-state index contributed by atoms with van der Waals surface area (Å²) >= 11 is 0. The van der Waals surface area contributed by atoms with E-state index < -0.39 is 18.3 Å². The highest BCUT2D eigenvalue weighted by atomic mass is 19.3. The van der Waals surface area contributed by atoms with E-state index in [2.05, 4.69) is 10.1 Å². The number of nitrogens with zero attached hydrogens (tertiary/aromatic N) is 1. The van der Waals surface area contributed by atoms with E-state index in [4.69, 9.17) is 4.74 Å². The number of carbonyl (C=O) groups excluding carboxylic acids is 2. The number of amides is 2. The summed E-state index contributed by atoms with van der Waals surface area (Å²) in [7, 11) is 1.35. The van der Waals surface area contributed by atoms with Crippen molar-refractivity contribution in [3.05, 3.63) is 53.3 Å². The standard InChI is InChI=1S/C22H21F3N2O4/c1-30-19-8-12(2-7-18(19)31-22(24)25)11-27(14-4-5-14)21(29)16-10-20(28)26-17-9-13(23)3-6-15(16)17/h2-3,6-9,14,16,22H,4-5,10-11H2,1H3,(H,26,28)/t16-/m0/s1. The van der Waals surface area contributed by atoms with Crippen LogP contribution in [0.4, 0.5) is 18.9 Å². The molecule has 0 spiro atoms. The molecule has 2 amide bonds. The van der Waals surface area contributed by atoms with Crippen LogP contribution in [0.15, 0.2) is 36.4 Å². The summed E-state index contributed by atoms with van der Waals surface area (Å²) in [5, 5.41) is 2.61. The van der Waals surface area contributed by atoms with Crippen LogP contribution in [-0.2, 0) is 16.1 Å². The molecule has 4 rings (SSSR count). The number of ether oxygens (including phenoxy) is 2. The zero-order valence-electron chi connectivity index (χ0n) is 16.7. The van der Waals surface area contributed by atoms with Crippen molar-refractivity contribution in [2.75, 3.05) is 12.4 Å². The Labute approximate surface area is 176 Å². The van der Waals surface area contributed by atoms with Gasteiger partial charge in [0.05, 0.1) is 13.0 Å². The molecule has 0 aromatic heterocycles. The van der Waals surface area contributed by atoms with Gasteiger partial charge < -0.3 is 19.7 Å². The van der Waals surface area contributed by atoms with Gasteiger partial charge in [-0.05, 0) is 48.2 Å². The SMILES string of the molecule is COc1cc(CN(C(=O)[C@H]2CC(=O)Nc3cc(F)ccc32)C2CC2)ccc1OC(F)F. The number of hydrogen-bond acceptors (Lipinski definition) is 4. The van der Waals surface area contributed by atoms with E-state index in [9.17, 15) is 22.8 Å². The first-order valence-electron chi connectivity index (χ1n) is 9.87. The number of hydrogen-bond donors (Lipinski definition) is 1. The minimum atomic E-state index is -2.98. The molecular weight excluding hydrogens is 413 g/mol. The van der Waals surface area contributed by atoms with Gasteiger partial charge in [-0.15, -0.1) is 0 Å². The zero-order chi connectivity index (χ0) is 22.1. The fraction of sp³-hybridized carbons (Fsp3) is 0.364. The molecule has 0 unspecified atom stereocenters. The van der Waals surface area contributed by atoms with Crippen molar-refractivity contribution in [1.82, 2.24) is 4.90 Å². The van der Waals surface area contributed by atoms with Crippen molar-refractivity contribution in [1.29, 1.82) is 0 Å². The molecule has 1 aliphatic carbocycles. The van der Waals surface area contributed by atoms with Gasteiger partial charge in [-0.3, -0.25) is 9.59 Å². The Morgan fingerprint density at radius 1 is 1.19 bits per heavy atom. The van der Waals surface area contributed by atoms with Crippen molar-refractivity contribution in [3.8, 4) is 11.5 Å². The maximum Gasteiger partial charge on any atom is 0.387 e. The number of nitrogens with one attached hydrogen (secondary N) is 1. The van der Waals surface area contributed by atoms with E-state index in [0.717, 1.165) is 12.8 Å². The number of halogens is 3. The van der Waals surface area contributed by atoms with Gasteiger partial charge in [0.15, 0.2) is 11.5 Å². The number of carbonyl (C=O) groups is 2. The molecule has 6 nitrogen and oxygen atoms in total. The van der Waals surface area contributed by atoms with E-state index in [-0.39, 0.29) is 42.3 Å². The van der Waals surface area contributed by atoms with Gasteiger partial charge in [0.1, 0.15) is 5.82 Å². The Kier molecular flexibility index (Phi) is 5.75. The molecule has 0 bridgehead atoms. The minimum absolute atomic E-state index is 0.0226. The van der Waals surface area contributed by atoms with Crippen molar-refractivity contribution >= 4 is 17.5 Å². The van der Waals surface area contributed by atoms with Crippen LogP contribution in [0.1, 0.15) is 36.3 Å². The maximum absolute atomic E-state index is 13.6. The first-order valence-corrected chi connectivity index (χ1v) is 9.87. The van der Waals surface area contributed by atoms with Crippen LogP contribution >= 0.6 is 0 Å². The maximum atomic E-state index is 13.6. The van der Waals surface area contributed by atoms with Crippen LogP contribution in [-0.4, -0.2) is 36.5 Å². The molecule has 0 saturated heterocycles. The molecule has 2 aromatic carbocycles. The van der Waals surface area contributed by atoms with Crippen LogP contribution in [0.5, 0.6) is 11.5 Å². The summed E-state index contributed by atoms with van der Waals surface area (Å²) in [6.07, 6.45) is 1.65. The fourth-order valence-electron chi connectivity index (χ4n) is 3.83. The number of anilines is 1. The lowest BCUT2D eigenvalue weighted by Gasteiger charge is -2.31. The van der Waals surface area contributed by atoms with Crippen LogP contribution < -0.4 is 14.8 Å². The Bertz CT molecular complexity index is 1010. The summed E-state index contributed by atoms with van der Waals surface area (Å²) in [5.41, 5.74) is 1.56. The third kappa shape index (κ3) is 4.60. The highest BCUT2D eigenvalue weighted by Crippen LogP contribution is 2.38. The molecule has 9 heteroatoms. The summed E-state index contributed by atoms with van der Waals surface area (Å²) in [6.45, 7) is -2.75. The number of fused-ring (bicyclic) bond motifs is 1. The molecule has 164 valence electrons. The van der Waals surface area contributed by atoms with Crippen molar-refractivity contribution in [3.63, 3.8) is 0 Å². The van der Waals surface area contributed by atoms with Crippen LogP contribution in [0.3, 0.4) is 0 Å². The molecule has 0 radical (unpaired) electrons. The summed E-state index contributed by atoms with van der Waals surface area (Å²) in [5.74, 6) is -1.73. The Balaban J connectivity index is 1.59. The third-order valence-corrected chi connectivity index (χ3v) is 5.42. The molecule has 31 heavy (non-hydrogen) atoms. The monoisotopic (exact) mass is 434 g/mol. The van der Waals surface area contributed by atoms with Gasteiger partial charge >= 0.3 is 6.61 Å². The quantitative estimate of drug-likeness (QED) is 0.714. The van der Waals surface area contributed by atoms with Crippen LogP contribution in [0.25, 0.3) is 0 Å². The second-order valence-electron chi connectivity index (χ2n) is 7.60. The molecule has 1 fully saturated rings. The number of benzene rings is 2. The lowest BCUT2D eigenvalue weighted by Crippen LogP contribution is -2.39. The van der Waals surface area contributed by atoms with E-state index in [0.29, 0.717) is 16.8 Å². The van der Waals surface area contributed by atoms with Crippen LogP contribution in [0, 0.1) is 5.82 Å². The van der Waals surface area contributed by atoms with E-state index >= 15 is 0 Å². The average Bonchev–Trinajstić information content (AvgIpc) is 3.56. The average molecular weight is 434 g/mol. The van der Waals surface area contributed by atoms with Crippen molar-refractivity contribution in [2.24, 2.45) is 0 Å². The van der Waals surface area contributed by atoms with Crippen LogP contribution in [0.2, 0.25) is 0 Å². The van der Waals surface area contributed by atoms with Crippen molar-refractivity contribution < 1.29 is 32.2 Å². The molecule has 1 aliphatic heterocycles. The van der Waals surface area contributed by atoms with Gasteiger partial charge in [-0.1, -0.05) is 12.1 Å². The highest BCUT2D eigenvalue weighted by Gasteiger charge is 2.39. The first-order chi connectivity index (χ1) is 14.9. The summed E-state index contributed by atoms with van der Waals surface area (Å²) in [6, 6.07) is 8.56. The summed E-state index contributed by atoms with van der Waals surface area (Å²) in [4.78, 5) is 27.3. The number of rotatable bonds is 7. The molecule has 1 N–H and O–H groups in total. The normalized spacial score (nSPS) is 17.7. The van der Waals surface area contributed by atoms with Gasteiger partial charge in [0.25, 0.3) is 0 Å². The third-order valence-electron chi connectivity index (χ3n) is 5.42. The smallest absolute Gasteiger partial charge is 0.387 e. The van der Waals surface area contributed by atoms with Gasteiger partial charge in [-0.2, -0.15) is 8.78 Å². The fourth-order valence-corrected chi connectivity index (χ4v) is 3.83. The van der Waals surface area contributed by atoms with E-state index in [1.165, 1.54) is 31.4 Å². The number of methoxy groups -OCH3 is 1. The molecule has 1 atom stereocenters. The summed E-state index contributed by atoms with van der Waals surface area (Å²) < 4.78 is 48.3. The predicted octanol–water partition coefficient (Wildman–Crippen LogP) is 4.05. The van der Waals surface area contributed by atoms with Gasteiger partial charge in [0, 0.05) is 24.7 Å². The molecule has 2 aromatic rings. The molecular formula is C22H21F3N2O4. The topological polar surface area (TPSA) is 67.9 Å². The Hall–Kier alpha value is -3.23. The largest absolute Gasteiger partial charge is 0.493 e. The Morgan fingerprint density at radius 2 is 1.97 bits per heavy atom.